The Balaban J connectivity index is 2.15. The second-order valence-corrected chi connectivity index (χ2v) is 5.21. The van der Waals surface area contributed by atoms with Crippen molar-refractivity contribution in [2.24, 2.45) is 5.92 Å². The minimum atomic E-state index is 0.528. The molecule has 1 heterocycles. The largest absolute Gasteiger partial charge is 0.381 e. The minimum absolute atomic E-state index is 0.528. The monoisotopic (exact) mass is 236 g/mol. The van der Waals surface area contributed by atoms with Crippen LogP contribution in [0, 0.1) is 5.92 Å². The Morgan fingerprint density at radius 3 is 2.88 bits per heavy atom. The second-order valence-electron chi connectivity index (χ2n) is 5.21. The number of hydrogen-bond donors (Lipinski definition) is 1. The zero-order valence-electron chi connectivity index (χ0n) is 11.0. The molecule has 4 heteroatoms. The summed E-state index contributed by atoms with van der Waals surface area (Å²) in [7, 11) is 0. The van der Waals surface area contributed by atoms with E-state index in [1.54, 1.807) is 0 Å². The molecule has 1 aliphatic rings. The lowest BCUT2D eigenvalue weighted by Gasteiger charge is -2.29. The van der Waals surface area contributed by atoms with Gasteiger partial charge in [-0.1, -0.05) is 44.7 Å². The van der Waals surface area contributed by atoms with Crippen LogP contribution >= 0.6 is 0 Å². The lowest BCUT2D eigenvalue weighted by Crippen LogP contribution is -2.21. The molecule has 2 rings (SSSR count). The van der Waals surface area contributed by atoms with Gasteiger partial charge in [-0.3, -0.25) is 0 Å². The second kappa shape index (κ2) is 5.52. The van der Waals surface area contributed by atoms with Crippen LogP contribution in [0.1, 0.15) is 64.1 Å². The Bertz CT molecular complexity index is 358. The normalized spacial score (nSPS) is 25.1. The molecule has 4 nitrogen and oxygen atoms in total. The Morgan fingerprint density at radius 1 is 1.35 bits per heavy atom. The lowest BCUT2D eigenvalue weighted by molar-refractivity contribution is 0.241. The molecule has 0 spiro atoms. The molecule has 0 aliphatic heterocycles. The molecule has 0 bridgehead atoms. The van der Waals surface area contributed by atoms with Crippen LogP contribution in [0.5, 0.6) is 0 Å². The van der Waals surface area contributed by atoms with Gasteiger partial charge in [0.15, 0.2) is 5.82 Å². The highest BCUT2D eigenvalue weighted by Gasteiger charge is 2.25. The Morgan fingerprint density at radius 2 is 2.18 bits per heavy atom. The van der Waals surface area contributed by atoms with Crippen LogP contribution in [-0.4, -0.2) is 15.0 Å². The zero-order chi connectivity index (χ0) is 12.3. The first kappa shape index (κ1) is 12.4. The van der Waals surface area contributed by atoms with Gasteiger partial charge in [0.05, 0.1) is 11.7 Å². The number of anilines is 1. The van der Waals surface area contributed by atoms with Crippen LogP contribution < -0.4 is 5.73 Å². The summed E-state index contributed by atoms with van der Waals surface area (Å²) in [5.74, 6) is 1.49. The van der Waals surface area contributed by atoms with Gasteiger partial charge in [-0.15, -0.1) is 5.10 Å². The molecule has 0 amide bonds. The van der Waals surface area contributed by atoms with E-state index in [0.29, 0.717) is 11.9 Å². The highest BCUT2D eigenvalue weighted by Crippen LogP contribution is 2.35. The van der Waals surface area contributed by atoms with Gasteiger partial charge in [0.25, 0.3) is 0 Å². The molecule has 1 fully saturated rings. The summed E-state index contributed by atoms with van der Waals surface area (Å²) in [4.78, 5) is 0. The minimum Gasteiger partial charge on any atom is -0.381 e. The van der Waals surface area contributed by atoms with Crippen molar-refractivity contribution in [1.82, 2.24) is 15.0 Å². The molecule has 1 aromatic heterocycles. The topological polar surface area (TPSA) is 56.7 Å². The number of nitrogens with two attached hydrogens (primary N) is 1. The summed E-state index contributed by atoms with van der Waals surface area (Å²) in [5, 5.41) is 8.32. The van der Waals surface area contributed by atoms with E-state index in [1.165, 1.54) is 32.1 Å². The number of nitrogens with zero attached hydrogens (tertiary/aromatic N) is 3. The summed E-state index contributed by atoms with van der Waals surface area (Å²) in [5.41, 5.74) is 7.05. The van der Waals surface area contributed by atoms with Crippen molar-refractivity contribution in [2.45, 2.75) is 64.8 Å². The van der Waals surface area contributed by atoms with E-state index in [2.05, 4.69) is 28.8 Å². The predicted octanol–water partition coefficient (Wildman–Crippen LogP) is 2.95. The molecule has 0 aromatic carbocycles. The van der Waals surface area contributed by atoms with Gasteiger partial charge in [0.2, 0.25) is 0 Å². The first-order valence-corrected chi connectivity index (χ1v) is 6.95. The van der Waals surface area contributed by atoms with Gasteiger partial charge in [-0.2, -0.15) is 0 Å². The molecule has 1 saturated carbocycles. The quantitative estimate of drug-likeness (QED) is 0.874. The number of nitrogen functional groups attached to an aromatic ring is 1. The van der Waals surface area contributed by atoms with Crippen molar-refractivity contribution in [3.05, 3.63) is 5.69 Å². The summed E-state index contributed by atoms with van der Waals surface area (Å²) < 4.78 is 2.11. The third-order valence-corrected chi connectivity index (χ3v) is 3.99. The van der Waals surface area contributed by atoms with E-state index in [4.69, 9.17) is 5.73 Å². The zero-order valence-corrected chi connectivity index (χ0v) is 11.0. The highest BCUT2D eigenvalue weighted by atomic mass is 15.5. The van der Waals surface area contributed by atoms with Gasteiger partial charge in [-0.25, -0.2) is 4.68 Å². The fourth-order valence-corrected chi connectivity index (χ4v) is 2.95. The molecular formula is C13H24N4. The van der Waals surface area contributed by atoms with Crippen molar-refractivity contribution in [3.63, 3.8) is 0 Å². The van der Waals surface area contributed by atoms with Crippen LogP contribution in [0.4, 0.5) is 5.82 Å². The molecule has 17 heavy (non-hydrogen) atoms. The smallest absolute Gasteiger partial charge is 0.169 e. The molecule has 2 unspecified atom stereocenters. The van der Waals surface area contributed by atoms with E-state index in [1.807, 2.05) is 0 Å². The summed E-state index contributed by atoms with van der Waals surface area (Å²) in [6.07, 6.45) is 8.54. The van der Waals surface area contributed by atoms with Crippen LogP contribution in [0.25, 0.3) is 0 Å². The van der Waals surface area contributed by atoms with Gasteiger partial charge in [0, 0.05) is 0 Å². The SMILES string of the molecule is CCCc1c(N)nnn1C1CCCC(CC)C1. The Hall–Kier alpha value is -1.06. The molecule has 0 radical (unpaired) electrons. The van der Waals surface area contributed by atoms with E-state index in [0.717, 1.165) is 24.5 Å². The molecule has 1 aromatic rings. The number of rotatable bonds is 4. The summed E-state index contributed by atoms with van der Waals surface area (Å²) in [6, 6.07) is 0.528. The van der Waals surface area contributed by atoms with Crippen molar-refractivity contribution < 1.29 is 0 Å². The molecule has 2 atom stereocenters. The van der Waals surface area contributed by atoms with E-state index in [9.17, 15) is 0 Å². The van der Waals surface area contributed by atoms with Crippen LogP contribution in [-0.2, 0) is 6.42 Å². The van der Waals surface area contributed by atoms with Gasteiger partial charge >= 0.3 is 0 Å². The first-order valence-electron chi connectivity index (χ1n) is 6.95. The molecule has 96 valence electrons. The highest BCUT2D eigenvalue weighted by molar-refractivity contribution is 5.33. The van der Waals surface area contributed by atoms with Crippen molar-refractivity contribution in [2.75, 3.05) is 5.73 Å². The van der Waals surface area contributed by atoms with Gasteiger partial charge < -0.3 is 5.73 Å². The fourth-order valence-electron chi connectivity index (χ4n) is 2.95. The van der Waals surface area contributed by atoms with Crippen molar-refractivity contribution in [3.8, 4) is 0 Å². The Kier molecular flexibility index (Phi) is 4.02. The maximum Gasteiger partial charge on any atom is 0.169 e. The third kappa shape index (κ3) is 2.61. The first-order chi connectivity index (χ1) is 8.26. The standard InChI is InChI=1S/C13H24N4/c1-3-6-12-13(14)15-16-17(12)11-8-5-7-10(4-2)9-11/h10-11H,3-9,14H2,1-2H3. The maximum atomic E-state index is 5.91. The average Bonchev–Trinajstić information content (AvgIpc) is 2.72. The van der Waals surface area contributed by atoms with E-state index in [-0.39, 0.29) is 0 Å². The van der Waals surface area contributed by atoms with Crippen LogP contribution in [0.2, 0.25) is 0 Å². The number of aromatic nitrogens is 3. The third-order valence-electron chi connectivity index (χ3n) is 3.99. The number of hydrogen-bond acceptors (Lipinski definition) is 3. The van der Waals surface area contributed by atoms with Gasteiger partial charge in [-0.05, 0) is 25.2 Å². The summed E-state index contributed by atoms with van der Waals surface area (Å²) in [6.45, 7) is 4.46. The van der Waals surface area contributed by atoms with Gasteiger partial charge in [0.1, 0.15) is 0 Å². The van der Waals surface area contributed by atoms with Crippen LogP contribution in [0.3, 0.4) is 0 Å². The van der Waals surface area contributed by atoms with E-state index < -0.39 is 0 Å². The summed E-state index contributed by atoms with van der Waals surface area (Å²) >= 11 is 0. The molecular weight excluding hydrogens is 212 g/mol. The lowest BCUT2D eigenvalue weighted by atomic mass is 9.84. The molecule has 2 N–H and O–H groups in total. The van der Waals surface area contributed by atoms with Crippen molar-refractivity contribution >= 4 is 5.82 Å². The van der Waals surface area contributed by atoms with E-state index >= 15 is 0 Å². The van der Waals surface area contributed by atoms with Crippen LogP contribution in [0.15, 0.2) is 0 Å². The Labute approximate surface area is 104 Å². The fraction of sp³-hybridized carbons (Fsp3) is 0.846. The average molecular weight is 236 g/mol. The molecule has 0 saturated heterocycles. The molecule has 1 aliphatic carbocycles. The predicted molar refractivity (Wildman–Crippen MR) is 69.7 cm³/mol. The maximum absolute atomic E-state index is 5.91. The van der Waals surface area contributed by atoms with Crippen molar-refractivity contribution in [1.29, 1.82) is 0 Å².